The average Bonchev–Trinajstić information content (AvgIpc) is 3.73. The predicted molar refractivity (Wildman–Crippen MR) is 207 cm³/mol. The number of aryl methyl sites for hydroxylation is 2. The molecule has 51 heavy (non-hydrogen) atoms. The lowest BCUT2D eigenvalue weighted by molar-refractivity contribution is 0.221. The Bertz CT molecular complexity index is 2100. The number of anilines is 2. The van der Waals surface area contributed by atoms with Crippen molar-refractivity contribution in [1.82, 2.24) is 9.97 Å². The van der Waals surface area contributed by atoms with Crippen LogP contribution in [0.1, 0.15) is 25.0 Å². The first-order valence-corrected chi connectivity index (χ1v) is 19.5. The van der Waals surface area contributed by atoms with Crippen LogP contribution in [-0.2, 0) is 18.8 Å². The van der Waals surface area contributed by atoms with E-state index < -0.39 is 10.4 Å². The number of aromatic nitrogens is 2. The summed E-state index contributed by atoms with van der Waals surface area (Å²) in [4.78, 5) is 13.0. The van der Waals surface area contributed by atoms with Gasteiger partial charge < -0.3 is 9.80 Å². The first-order chi connectivity index (χ1) is 24.7. The second-order valence-corrected chi connectivity index (χ2v) is 14.9. The van der Waals surface area contributed by atoms with Crippen LogP contribution in [0.25, 0.3) is 20.4 Å². The minimum absolute atomic E-state index is 0.0567. The fourth-order valence-corrected chi connectivity index (χ4v) is 7.65. The number of fused-ring (bicyclic) bond motifs is 2. The Labute approximate surface area is 305 Å². The lowest BCUT2D eigenvalue weighted by atomic mass is 10.2. The molecule has 0 radical (unpaired) electrons. The molecule has 6 aromatic rings. The van der Waals surface area contributed by atoms with Crippen molar-refractivity contribution >= 4 is 86.5 Å². The van der Waals surface area contributed by atoms with E-state index >= 15 is 0 Å². The van der Waals surface area contributed by atoms with Crippen molar-refractivity contribution < 1.29 is 16.8 Å². The van der Waals surface area contributed by atoms with Gasteiger partial charge in [0, 0.05) is 37.6 Å². The zero-order chi connectivity index (χ0) is 35.8. The second-order valence-electron chi connectivity index (χ2n) is 11.6. The fraction of sp³-hybridized carbons (Fsp3) is 0.278. The van der Waals surface area contributed by atoms with Crippen LogP contribution in [0.5, 0.6) is 0 Å². The molecule has 0 atom stereocenters. The van der Waals surface area contributed by atoms with Gasteiger partial charge in [-0.25, -0.2) is 18.3 Å². The number of nitrogens with zero attached hydrogens (tertiary/aromatic N) is 8. The van der Waals surface area contributed by atoms with E-state index in [1.54, 1.807) is 0 Å². The molecule has 2 aromatic heterocycles. The van der Waals surface area contributed by atoms with Crippen LogP contribution in [0.4, 0.5) is 33.0 Å². The van der Waals surface area contributed by atoms with Gasteiger partial charge >= 0.3 is 10.4 Å². The van der Waals surface area contributed by atoms with Gasteiger partial charge in [-0.05, 0) is 112 Å². The van der Waals surface area contributed by atoms with E-state index in [4.69, 9.17) is 8.37 Å². The van der Waals surface area contributed by atoms with Gasteiger partial charge in [-0.15, -0.1) is 20.5 Å². The molecule has 0 spiro atoms. The maximum atomic E-state index is 12.5. The topological polar surface area (TPSA) is 134 Å². The molecule has 0 aliphatic rings. The first kappa shape index (κ1) is 36.1. The molecular formula is C36H38N8O4S3. The lowest BCUT2D eigenvalue weighted by Gasteiger charge is -2.23. The maximum Gasteiger partial charge on any atom is 0.399 e. The van der Waals surface area contributed by atoms with Crippen LogP contribution in [0.15, 0.2) is 105 Å². The minimum Gasteiger partial charge on any atom is -0.369 e. The Hall–Kier alpha value is -4.67. The van der Waals surface area contributed by atoms with E-state index in [0.29, 0.717) is 47.8 Å². The van der Waals surface area contributed by atoms with Crippen molar-refractivity contribution in [1.29, 1.82) is 0 Å². The van der Waals surface area contributed by atoms with Gasteiger partial charge in [0.2, 0.25) is 10.3 Å². The van der Waals surface area contributed by atoms with Gasteiger partial charge in [-0.1, -0.05) is 34.8 Å². The summed E-state index contributed by atoms with van der Waals surface area (Å²) in [5.74, 6) is 0. The van der Waals surface area contributed by atoms with E-state index in [2.05, 4.69) is 42.6 Å². The number of azo groups is 2. The smallest absolute Gasteiger partial charge is 0.369 e. The van der Waals surface area contributed by atoms with Crippen LogP contribution in [0, 0.1) is 13.8 Å². The number of rotatable bonds is 16. The summed E-state index contributed by atoms with van der Waals surface area (Å²) >= 11 is 3.00. The molecule has 264 valence electrons. The molecule has 0 bridgehead atoms. The number of thiazole rings is 2. The highest BCUT2D eigenvalue weighted by Crippen LogP contribution is 2.32. The van der Waals surface area contributed by atoms with Crippen molar-refractivity contribution in [3.05, 3.63) is 96.1 Å². The van der Waals surface area contributed by atoms with Gasteiger partial charge in [-0.2, -0.15) is 8.42 Å². The summed E-state index contributed by atoms with van der Waals surface area (Å²) in [6.45, 7) is 9.99. The van der Waals surface area contributed by atoms with Gasteiger partial charge in [0.15, 0.2) is 0 Å². The quantitative estimate of drug-likeness (QED) is 0.0895. The zero-order valence-electron chi connectivity index (χ0n) is 28.8. The zero-order valence-corrected chi connectivity index (χ0v) is 31.2. The molecule has 0 unspecified atom stereocenters. The summed E-state index contributed by atoms with van der Waals surface area (Å²) < 4.78 is 37.6. The van der Waals surface area contributed by atoms with Gasteiger partial charge in [0.25, 0.3) is 0 Å². The summed E-state index contributed by atoms with van der Waals surface area (Å²) in [6, 6.07) is 27.3. The van der Waals surface area contributed by atoms with Crippen molar-refractivity contribution in [2.24, 2.45) is 20.5 Å². The van der Waals surface area contributed by atoms with E-state index in [1.807, 2.05) is 110 Å². The van der Waals surface area contributed by atoms with Crippen LogP contribution in [-0.4, -0.2) is 57.8 Å². The summed E-state index contributed by atoms with van der Waals surface area (Å²) in [5, 5.41) is 18.5. The molecule has 0 saturated heterocycles. The maximum absolute atomic E-state index is 12.5. The molecule has 0 fully saturated rings. The Morgan fingerprint density at radius 2 is 1.02 bits per heavy atom. The van der Waals surface area contributed by atoms with Crippen molar-refractivity contribution in [2.75, 3.05) is 49.2 Å². The number of hydrogen-bond acceptors (Lipinski definition) is 14. The third-order valence-electron chi connectivity index (χ3n) is 7.94. The fourth-order valence-electron chi connectivity index (χ4n) is 5.26. The SMILES string of the molecule is CCN(CCOS(=O)(=O)OCCN(CC)c1ccc(/N=N/c2nc3ccc(C)cc3s2)cc1)c1ccc(/N=N/c2nc3ccc(C)cc3s2)cc1. The van der Waals surface area contributed by atoms with E-state index in [0.717, 1.165) is 31.8 Å². The van der Waals surface area contributed by atoms with Crippen molar-refractivity contribution in [3.63, 3.8) is 0 Å². The highest BCUT2D eigenvalue weighted by Gasteiger charge is 2.15. The standard InChI is InChI=1S/C36H38N8O4S3/c1-5-43(29-13-9-27(10-14-29)39-41-35-37-31-17-7-25(3)23-33(31)49-35)19-21-47-51(45,46)48-22-20-44(6-2)30-15-11-28(12-16-30)40-42-36-38-32-18-8-26(4)24-34(32)50-36/h7-18,23-24H,5-6,19-22H2,1-4H3/b41-39+,42-40+. The van der Waals surface area contributed by atoms with Crippen LogP contribution < -0.4 is 9.80 Å². The molecule has 2 heterocycles. The molecule has 12 nitrogen and oxygen atoms in total. The molecular weight excluding hydrogens is 705 g/mol. The van der Waals surface area contributed by atoms with Crippen molar-refractivity contribution in [3.8, 4) is 0 Å². The largest absolute Gasteiger partial charge is 0.399 e. The molecule has 4 aromatic carbocycles. The van der Waals surface area contributed by atoms with Crippen LogP contribution >= 0.6 is 22.7 Å². The monoisotopic (exact) mass is 742 g/mol. The lowest BCUT2D eigenvalue weighted by Crippen LogP contribution is -2.30. The van der Waals surface area contributed by atoms with Crippen LogP contribution in [0.3, 0.4) is 0 Å². The predicted octanol–water partition coefficient (Wildman–Crippen LogP) is 9.98. The van der Waals surface area contributed by atoms with Gasteiger partial charge in [0.1, 0.15) is 0 Å². The summed E-state index contributed by atoms with van der Waals surface area (Å²) in [7, 11) is -4.18. The Morgan fingerprint density at radius 3 is 1.41 bits per heavy atom. The Balaban J connectivity index is 0.942. The third kappa shape index (κ3) is 9.77. The molecule has 6 rings (SSSR count). The van der Waals surface area contributed by atoms with E-state index in [1.165, 1.54) is 33.8 Å². The molecule has 0 aliphatic heterocycles. The highest BCUT2D eigenvalue weighted by molar-refractivity contribution is 7.81. The first-order valence-electron chi connectivity index (χ1n) is 16.5. The second kappa shape index (κ2) is 16.6. The molecule has 0 saturated carbocycles. The van der Waals surface area contributed by atoms with E-state index in [9.17, 15) is 8.42 Å². The van der Waals surface area contributed by atoms with E-state index in [-0.39, 0.29) is 13.2 Å². The summed E-state index contributed by atoms with van der Waals surface area (Å²) in [6.07, 6.45) is 0. The number of benzene rings is 4. The molecule has 0 N–H and O–H groups in total. The van der Waals surface area contributed by atoms with Crippen molar-refractivity contribution in [2.45, 2.75) is 27.7 Å². The third-order valence-corrected chi connectivity index (χ3v) is 10.7. The molecule has 15 heteroatoms. The molecule has 0 aliphatic carbocycles. The Kier molecular flexibility index (Phi) is 11.7. The van der Waals surface area contributed by atoms with Crippen LogP contribution in [0.2, 0.25) is 0 Å². The average molecular weight is 743 g/mol. The minimum atomic E-state index is -4.18. The Morgan fingerprint density at radius 1 is 0.608 bits per heavy atom. The molecule has 0 amide bonds. The van der Waals surface area contributed by atoms with Gasteiger partial charge in [0.05, 0.1) is 45.0 Å². The number of likely N-dealkylation sites (N-methyl/N-ethyl adjacent to an activating group) is 2. The van der Waals surface area contributed by atoms with Gasteiger partial charge in [-0.3, -0.25) is 0 Å². The normalized spacial score (nSPS) is 12.2. The number of hydrogen-bond donors (Lipinski definition) is 0. The summed E-state index contributed by atoms with van der Waals surface area (Å²) in [5.41, 5.74) is 7.37. The highest BCUT2D eigenvalue weighted by atomic mass is 32.3.